The number of carbonyl (C=O) groups is 1. The van der Waals surface area contributed by atoms with Crippen LogP contribution in [0.3, 0.4) is 0 Å². The van der Waals surface area contributed by atoms with Gasteiger partial charge in [-0.05, 0) is 48.6 Å². The van der Waals surface area contributed by atoms with E-state index in [0.717, 1.165) is 0 Å². The number of thiazole rings is 1. The topological polar surface area (TPSA) is 119 Å². The van der Waals surface area contributed by atoms with E-state index in [4.69, 9.17) is 21.7 Å². The van der Waals surface area contributed by atoms with E-state index in [1.807, 2.05) is 0 Å². The zero-order valence-corrected chi connectivity index (χ0v) is 18.9. The van der Waals surface area contributed by atoms with Gasteiger partial charge in [-0.25, -0.2) is 13.4 Å². The minimum atomic E-state index is -3.75. The Hall–Kier alpha value is -3.22. The number of hydrogen-bond acceptors (Lipinski definition) is 8. The fourth-order valence-corrected chi connectivity index (χ4v) is 4.44. The molecular weight excluding hydrogens is 460 g/mol. The zero-order chi connectivity index (χ0) is 22.4. The van der Waals surface area contributed by atoms with Crippen LogP contribution in [0.1, 0.15) is 10.4 Å². The van der Waals surface area contributed by atoms with E-state index in [-0.39, 0.29) is 15.1 Å². The number of methoxy groups -OCH3 is 2. The average molecular weight is 479 g/mol. The molecule has 0 unspecified atom stereocenters. The molecule has 1 heterocycles. The molecule has 3 N–H and O–H groups in total. The fraction of sp³-hybridized carbons (Fsp3) is 0.105. The van der Waals surface area contributed by atoms with E-state index in [9.17, 15) is 13.2 Å². The van der Waals surface area contributed by atoms with Gasteiger partial charge in [-0.1, -0.05) is 0 Å². The van der Waals surface area contributed by atoms with Crippen LogP contribution >= 0.6 is 23.6 Å². The smallest absolute Gasteiger partial charge is 0.263 e. The van der Waals surface area contributed by atoms with Gasteiger partial charge in [0.15, 0.2) is 10.2 Å². The molecule has 0 saturated carbocycles. The second kappa shape index (κ2) is 9.73. The third-order valence-corrected chi connectivity index (χ3v) is 6.29. The number of benzene rings is 2. The molecule has 0 aliphatic carbocycles. The van der Waals surface area contributed by atoms with Crippen LogP contribution in [-0.4, -0.2) is 38.6 Å². The van der Waals surface area contributed by atoms with Gasteiger partial charge in [0.1, 0.15) is 11.5 Å². The first-order valence-electron chi connectivity index (χ1n) is 8.68. The van der Waals surface area contributed by atoms with Gasteiger partial charge in [0.2, 0.25) is 0 Å². The van der Waals surface area contributed by atoms with Gasteiger partial charge in [-0.3, -0.25) is 14.8 Å². The summed E-state index contributed by atoms with van der Waals surface area (Å²) in [6.45, 7) is 0. The lowest BCUT2D eigenvalue weighted by Gasteiger charge is -2.12. The first-order valence-corrected chi connectivity index (χ1v) is 11.5. The largest absolute Gasteiger partial charge is 0.497 e. The lowest BCUT2D eigenvalue weighted by molar-refractivity contribution is 0.0977. The van der Waals surface area contributed by atoms with E-state index in [2.05, 4.69) is 20.3 Å². The highest BCUT2D eigenvalue weighted by Gasteiger charge is 2.16. The minimum absolute atomic E-state index is 0.0447. The summed E-state index contributed by atoms with van der Waals surface area (Å²) in [5, 5.41) is 7.38. The molecule has 162 valence electrons. The number of rotatable bonds is 7. The number of anilines is 2. The molecule has 2 aromatic carbocycles. The summed E-state index contributed by atoms with van der Waals surface area (Å²) in [6, 6.07) is 10.6. The molecule has 0 radical (unpaired) electrons. The second-order valence-corrected chi connectivity index (χ2v) is 8.96. The molecule has 0 atom stereocenters. The lowest BCUT2D eigenvalue weighted by atomic mass is 10.2. The highest BCUT2D eigenvalue weighted by atomic mass is 32.2. The van der Waals surface area contributed by atoms with E-state index in [1.165, 1.54) is 56.0 Å². The van der Waals surface area contributed by atoms with E-state index in [0.29, 0.717) is 22.7 Å². The summed E-state index contributed by atoms with van der Waals surface area (Å²) < 4.78 is 37.4. The molecule has 3 rings (SSSR count). The van der Waals surface area contributed by atoms with Crippen LogP contribution in [-0.2, 0) is 10.0 Å². The monoisotopic (exact) mass is 478 g/mol. The van der Waals surface area contributed by atoms with Crippen LogP contribution in [0.15, 0.2) is 58.9 Å². The number of nitrogens with one attached hydrogen (secondary N) is 3. The third kappa shape index (κ3) is 5.90. The molecule has 12 heteroatoms. The van der Waals surface area contributed by atoms with Crippen LogP contribution in [0.4, 0.5) is 10.8 Å². The number of aromatic nitrogens is 1. The molecule has 9 nitrogen and oxygen atoms in total. The van der Waals surface area contributed by atoms with Crippen molar-refractivity contribution in [3.05, 3.63) is 59.6 Å². The Kier molecular flexibility index (Phi) is 7.05. The van der Waals surface area contributed by atoms with Crippen molar-refractivity contribution in [2.24, 2.45) is 0 Å². The maximum Gasteiger partial charge on any atom is 0.263 e. The maximum atomic E-state index is 12.5. The van der Waals surface area contributed by atoms with E-state index >= 15 is 0 Å². The molecule has 0 spiro atoms. The molecule has 0 fully saturated rings. The van der Waals surface area contributed by atoms with Gasteiger partial charge in [0.05, 0.1) is 19.1 Å². The summed E-state index contributed by atoms with van der Waals surface area (Å²) in [7, 11) is -0.783. The van der Waals surface area contributed by atoms with E-state index in [1.54, 1.807) is 23.6 Å². The quantitative estimate of drug-likeness (QED) is 0.444. The molecule has 1 aromatic heterocycles. The molecular formula is C19H18N4O5S3. The fourth-order valence-electron chi connectivity index (χ4n) is 2.44. The Labute approximate surface area is 188 Å². The van der Waals surface area contributed by atoms with Crippen molar-refractivity contribution in [2.45, 2.75) is 4.90 Å². The number of thiocarbonyl (C=S) groups is 1. The third-order valence-electron chi connectivity index (χ3n) is 3.92. The van der Waals surface area contributed by atoms with Crippen molar-refractivity contribution in [1.29, 1.82) is 0 Å². The van der Waals surface area contributed by atoms with Crippen molar-refractivity contribution in [3.8, 4) is 11.5 Å². The molecule has 31 heavy (non-hydrogen) atoms. The first kappa shape index (κ1) is 22.5. The minimum Gasteiger partial charge on any atom is -0.497 e. The number of amides is 1. The van der Waals surface area contributed by atoms with Crippen molar-refractivity contribution in [2.75, 3.05) is 24.3 Å². The molecule has 0 saturated heterocycles. The summed E-state index contributed by atoms with van der Waals surface area (Å²) >= 11 is 6.35. The predicted octanol–water partition coefficient (Wildman–Crippen LogP) is 3.09. The summed E-state index contributed by atoms with van der Waals surface area (Å²) in [5.41, 5.74) is 0.803. The van der Waals surface area contributed by atoms with Crippen LogP contribution < -0.4 is 24.8 Å². The molecule has 0 bridgehead atoms. The predicted molar refractivity (Wildman–Crippen MR) is 123 cm³/mol. The Morgan fingerprint density at radius 1 is 1.06 bits per heavy atom. The van der Waals surface area contributed by atoms with E-state index < -0.39 is 15.9 Å². The standard InChI is InChI=1S/C19H18N4O5S3/c1-27-14-9-12(10-15(11-14)28-2)17(24)22-18(29)21-13-3-5-16(6-4-13)31(25,26)23-19-20-7-8-30-19/h3-11H,1-2H3,(H,20,23)(H2,21,22,24,29). The summed E-state index contributed by atoms with van der Waals surface area (Å²) in [5.74, 6) is 0.472. The molecule has 1 amide bonds. The van der Waals surface area contributed by atoms with Gasteiger partial charge < -0.3 is 14.8 Å². The Bertz CT molecular complexity index is 1160. The molecule has 0 aliphatic rings. The second-order valence-electron chi connectivity index (χ2n) is 5.98. The SMILES string of the molecule is COc1cc(OC)cc(C(=O)NC(=S)Nc2ccc(S(=O)(=O)Nc3nccs3)cc2)c1. The number of hydrogen-bond donors (Lipinski definition) is 3. The summed E-state index contributed by atoms with van der Waals surface area (Å²) in [6.07, 6.45) is 1.51. The van der Waals surface area contributed by atoms with Gasteiger partial charge in [0, 0.05) is 28.9 Å². The highest BCUT2D eigenvalue weighted by molar-refractivity contribution is 7.93. The Morgan fingerprint density at radius 2 is 1.71 bits per heavy atom. The van der Waals surface area contributed by atoms with Gasteiger partial charge in [0.25, 0.3) is 15.9 Å². The van der Waals surface area contributed by atoms with Crippen molar-refractivity contribution in [1.82, 2.24) is 10.3 Å². The Morgan fingerprint density at radius 3 is 2.26 bits per heavy atom. The zero-order valence-electron chi connectivity index (χ0n) is 16.4. The van der Waals surface area contributed by atoms with Crippen LogP contribution in [0.25, 0.3) is 0 Å². The molecule has 3 aromatic rings. The Balaban J connectivity index is 1.64. The van der Waals surface area contributed by atoms with Gasteiger partial charge in [-0.2, -0.15) is 0 Å². The van der Waals surface area contributed by atoms with Crippen molar-refractivity contribution in [3.63, 3.8) is 0 Å². The van der Waals surface area contributed by atoms with Gasteiger partial charge >= 0.3 is 0 Å². The van der Waals surface area contributed by atoms with Crippen molar-refractivity contribution >= 4 is 55.4 Å². The normalized spacial score (nSPS) is 10.8. The summed E-state index contributed by atoms with van der Waals surface area (Å²) in [4.78, 5) is 16.4. The highest BCUT2D eigenvalue weighted by Crippen LogP contribution is 2.23. The molecule has 0 aliphatic heterocycles. The number of carbonyl (C=O) groups excluding carboxylic acids is 1. The van der Waals surface area contributed by atoms with Crippen molar-refractivity contribution < 1.29 is 22.7 Å². The number of nitrogens with zero attached hydrogens (tertiary/aromatic N) is 1. The number of sulfonamides is 1. The first-order chi connectivity index (χ1) is 14.8. The van der Waals surface area contributed by atoms with Crippen LogP contribution in [0, 0.1) is 0 Å². The average Bonchev–Trinajstić information content (AvgIpc) is 3.25. The van der Waals surface area contributed by atoms with Gasteiger partial charge in [-0.15, -0.1) is 11.3 Å². The number of ether oxygens (including phenoxy) is 2. The van der Waals surface area contributed by atoms with Crippen LogP contribution in [0.5, 0.6) is 11.5 Å². The van der Waals surface area contributed by atoms with Crippen LogP contribution in [0.2, 0.25) is 0 Å². The maximum absolute atomic E-state index is 12.5. The lowest BCUT2D eigenvalue weighted by Crippen LogP contribution is -2.34.